The number of rotatable bonds is 17. The van der Waals surface area contributed by atoms with E-state index in [4.69, 9.17) is 4.74 Å². The lowest BCUT2D eigenvalue weighted by Crippen LogP contribution is -2.36. The fraction of sp³-hybridized carbons (Fsp3) is 0.676. The van der Waals surface area contributed by atoms with Crippen LogP contribution in [-0.2, 0) is 30.5 Å². The van der Waals surface area contributed by atoms with Gasteiger partial charge in [0, 0.05) is 17.6 Å². The topological polar surface area (TPSA) is 33.3 Å². The van der Waals surface area contributed by atoms with Gasteiger partial charge in [0.1, 0.15) is 0 Å². The van der Waals surface area contributed by atoms with Gasteiger partial charge in [-0.2, -0.15) is 0 Å². The highest BCUT2D eigenvalue weighted by atomic mass is 16.5. The summed E-state index contributed by atoms with van der Waals surface area (Å²) in [5, 5.41) is 7.14. The van der Waals surface area contributed by atoms with Crippen LogP contribution in [0, 0.1) is 10.8 Å². The number of unbranched alkanes of at least 4 members (excludes halogenated alkanes) is 1. The molecule has 0 saturated carbocycles. The Morgan fingerprint density at radius 2 is 1.05 bits per heavy atom. The summed E-state index contributed by atoms with van der Waals surface area (Å²) in [5.41, 5.74) is 6.42. The van der Waals surface area contributed by atoms with E-state index in [1.807, 2.05) is 0 Å². The second-order valence-corrected chi connectivity index (χ2v) is 15.7. The summed E-state index contributed by atoms with van der Waals surface area (Å²) >= 11 is 0. The van der Waals surface area contributed by atoms with Crippen LogP contribution in [0.4, 0.5) is 0 Å². The van der Waals surface area contributed by atoms with E-state index in [1.54, 1.807) is 0 Å². The summed E-state index contributed by atoms with van der Waals surface area (Å²) in [6.45, 7) is 26.5. The summed E-state index contributed by atoms with van der Waals surface area (Å²) in [6, 6.07) is 18.4. The van der Waals surface area contributed by atoms with E-state index >= 15 is 0 Å². The maximum Gasteiger partial charge on any atom is 0.0517 e. The molecular formula is C37H62N2O. The average molecular weight is 551 g/mol. The lowest BCUT2D eigenvalue weighted by atomic mass is 9.76. The fourth-order valence-corrected chi connectivity index (χ4v) is 4.86. The molecule has 0 aliphatic rings. The van der Waals surface area contributed by atoms with Gasteiger partial charge >= 0.3 is 0 Å². The molecule has 3 heteroatoms. The predicted molar refractivity (Wildman–Crippen MR) is 175 cm³/mol. The van der Waals surface area contributed by atoms with Crippen LogP contribution in [-0.4, -0.2) is 30.8 Å². The third kappa shape index (κ3) is 15.9. The summed E-state index contributed by atoms with van der Waals surface area (Å²) in [4.78, 5) is 0. The Bertz CT molecular complexity index is 959. The second-order valence-electron chi connectivity index (χ2n) is 15.7. The molecule has 226 valence electrons. The minimum Gasteiger partial charge on any atom is -0.381 e. The Kier molecular flexibility index (Phi) is 13.4. The molecule has 3 nitrogen and oxygen atoms in total. The van der Waals surface area contributed by atoms with E-state index in [2.05, 4.69) is 128 Å². The van der Waals surface area contributed by atoms with Gasteiger partial charge in [-0.25, -0.2) is 0 Å². The Balaban J connectivity index is 1.67. The fourth-order valence-electron chi connectivity index (χ4n) is 4.86. The summed E-state index contributed by atoms with van der Waals surface area (Å²) in [7, 11) is 0. The van der Waals surface area contributed by atoms with Gasteiger partial charge in [-0.15, -0.1) is 0 Å². The molecule has 2 aromatic carbocycles. The van der Waals surface area contributed by atoms with Gasteiger partial charge in [-0.3, -0.25) is 0 Å². The summed E-state index contributed by atoms with van der Waals surface area (Å²) < 4.78 is 6.17. The van der Waals surface area contributed by atoms with Crippen LogP contribution in [0.1, 0.15) is 117 Å². The Labute approximate surface area is 248 Å². The molecule has 2 aromatic rings. The van der Waals surface area contributed by atoms with Crippen LogP contribution in [0.2, 0.25) is 0 Å². The normalized spacial score (nSPS) is 13.2. The molecule has 0 fully saturated rings. The van der Waals surface area contributed by atoms with Crippen LogP contribution >= 0.6 is 0 Å². The van der Waals surface area contributed by atoms with Crippen molar-refractivity contribution in [3.05, 3.63) is 70.8 Å². The first-order valence-corrected chi connectivity index (χ1v) is 15.8. The Morgan fingerprint density at radius 1 is 0.550 bits per heavy atom. The first kappa shape index (κ1) is 34.5. The van der Waals surface area contributed by atoms with Crippen molar-refractivity contribution in [1.29, 1.82) is 0 Å². The van der Waals surface area contributed by atoms with Crippen molar-refractivity contribution < 1.29 is 4.74 Å². The highest BCUT2D eigenvalue weighted by Crippen LogP contribution is 2.34. The van der Waals surface area contributed by atoms with Gasteiger partial charge in [0.2, 0.25) is 0 Å². The standard InChI is InChI=1S/C37H62N2O/c1-34(2,3)38-25-12-11-13-30-14-18-32(19-15-30)27-36(7,8)23-24-37(9,10)29-40-26-22-31-16-20-33(21-17-31)28-39-35(4,5)6/h14-21,38-39H,11-13,22-29H2,1-10H3. The van der Waals surface area contributed by atoms with Crippen LogP contribution in [0.5, 0.6) is 0 Å². The lowest BCUT2D eigenvalue weighted by Gasteiger charge is -2.31. The second kappa shape index (κ2) is 15.5. The number of nitrogens with one attached hydrogen (secondary N) is 2. The van der Waals surface area contributed by atoms with Crippen molar-refractivity contribution in [2.45, 2.75) is 132 Å². The largest absolute Gasteiger partial charge is 0.381 e. The van der Waals surface area contributed by atoms with Crippen LogP contribution in [0.15, 0.2) is 48.5 Å². The number of benzene rings is 2. The molecule has 0 aliphatic heterocycles. The van der Waals surface area contributed by atoms with Gasteiger partial charge in [0.05, 0.1) is 13.2 Å². The van der Waals surface area contributed by atoms with E-state index < -0.39 is 0 Å². The zero-order valence-corrected chi connectivity index (χ0v) is 27.8. The van der Waals surface area contributed by atoms with E-state index in [0.29, 0.717) is 0 Å². The smallest absolute Gasteiger partial charge is 0.0517 e. The van der Waals surface area contributed by atoms with Gasteiger partial charge in [0.25, 0.3) is 0 Å². The maximum atomic E-state index is 6.17. The molecule has 40 heavy (non-hydrogen) atoms. The number of aryl methyl sites for hydroxylation is 1. The highest BCUT2D eigenvalue weighted by Gasteiger charge is 2.25. The average Bonchev–Trinajstić information content (AvgIpc) is 2.85. The number of hydrogen-bond acceptors (Lipinski definition) is 3. The number of ether oxygens (including phenoxy) is 1. The summed E-state index contributed by atoms with van der Waals surface area (Å²) in [6.07, 6.45) is 8.12. The van der Waals surface area contributed by atoms with E-state index in [1.165, 1.54) is 54.4 Å². The monoisotopic (exact) mass is 550 g/mol. The van der Waals surface area contributed by atoms with Crippen molar-refractivity contribution >= 4 is 0 Å². The zero-order valence-electron chi connectivity index (χ0n) is 27.8. The molecular weight excluding hydrogens is 488 g/mol. The van der Waals surface area contributed by atoms with Crippen LogP contribution < -0.4 is 10.6 Å². The first-order valence-electron chi connectivity index (χ1n) is 15.8. The minimum absolute atomic E-state index is 0.143. The van der Waals surface area contributed by atoms with E-state index in [0.717, 1.165) is 39.1 Å². The van der Waals surface area contributed by atoms with Crippen molar-refractivity contribution in [3.8, 4) is 0 Å². The van der Waals surface area contributed by atoms with Crippen molar-refractivity contribution in [2.24, 2.45) is 10.8 Å². The van der Waals surface area contributed by atoms with Crippen LogP contribution in [0.3, 0.4) is 0 Å². The molecule has 0 heterocycles. The third-order valence-corrected chi connectivity index (χ3v) is 7.61. The maximum absolute atomic E-state index is 6.17. The number of hydrogen-bond donors (Lipinski definition) is 2. The van der Waals surface area contributed by atoms with Gasteiger partial charge in [-0.05, 0) is 126 Å². The first-order chi connectivity index (χ1) is 18.5. The lowest BCUT2D eigenvalue weighted by molar-refractivity contribution is 0.0524. The van der Waals surface area contributed by atoms with Crippen LogP contribution in [0.25, 0.3) is 0 Å². The van der Waals surface area contributed by atoms with E-state index in [9.17, 15) is 0 Å². The molecule has 0 saturated heterocycles. The highest BCUT2D eigenvalue weighted by molar-refractivity contribution is 5.24. The van der Waals surface area contributed by atoms with Crippen molar-refractivity contribution in [2.75, 3.05) is 19.8 Å². The predicted octanol–water partition coefficient (Wildman–Crippen LogP) is 8.92. The minimum atomic E-state index is 0.143. The molecule has 0 unspecified atom stereocenters. The molecule has 0 radical (unpaired) electrons. The van der Waals surface area contributed by atoms with Crippen molar-refractivity contribution in [3.63, 3.8) is 0 Å². The molecule has 0 bridgehead atoms. The Morgan fingerprint density at radius 3 is 1.62 bits per heavy atom. The molecule has 0 spiro atoms. The molecule has 2 rings (SSSR count). The molecule has 0 atom stereocenters. The molecule has 0 amide bonds. The summed E-state index contributed by atoms with van der Waals surface area (Å²) in [5.74, 6) is 0. The van der Waals surface area contributed by atoms with Gasteiger partial charge < -0.3 is 15.4 Å². The Hall–Kier alpha value is -1.68. The van der Waals surface area contributed by atoms with E-state index in [-0.39, 0.29) is 21.9 Å². The molecule has 2 N–H and O–H groups in total. The molecule has 0 aliphatic carbocycles. The van der Waals surface area contributed by atoms with Gasteiger partial charge in [-0.1, -0.05) is 76.2 Å². The zero-order chi connectivity index (χ0) is 29.9. The SMILES string of the molecule is CC(C)(CCC(C)(C)Cc1ccc(CCCCNC(C)(C)C)cc1)COCCc1ccc(CNC(C)(C)C)cc1. The van der Waals surface area contributed by atoms with Crippen molar-refractivity contribution in [1.82, 2.24) is 10.6 Å². The third-order valence-electron chi connectivity index (χ3n) is 7.61. The van der Waals surface area contributed by atoms with Gasteiger partial charge in [0.15, 0.2) is 0 Å². The quantitative estimate of drug-likeness (QED) is 0.193. The molecule has 0 aromatic heterocycles.